The van der Waals surface area contributed by atoms with Gasteiger partial charge in [0.15, 0.2) is 0 Å². The Balaban J connectivity index is 1.72. The second kappa shape index (κ2) is 7.44. The number of benzene rings is 2. The zero-order chi connectivity index (χ0) is 19.5. The third kappa shape index (κ3) is 3.66. The number of pyridine rings is 2. The predicted molar refractivity (Wildman–Crippen MR) is 108 cm³/mol. The molecule has 4 aromatic rings. The van der Waals surface area contributed by atoms with Gasteiger partial charge in [-0.2, -0.15) is 0 Å². The first-order chi connectivity index (χ1) is 13.6. The van der Waals surface area contributed by atoms with Crippen LogP contribution in [0.15, 0.2) is 73.1 Å². The van der Waals surface area contributed by atoms with Crippen LogP contribution in [0.2, 0.25) is 0 Å². The quantitative estimate of drug-likeness (QED) is 0.555. The van der Waals surface area contributed by atoms with Crippen LogP contribution in [0, 0.1) is 5.82 Å². The number of halogens is 1. The maximum atomic E-state index is 13.1. The molecule has 0 bridgehead atoms. The number of anilines is 1. The minimum Gasteiger partial charge on any atom is -0.376 e. The smallest absolute Gasteiger partial charge is 0.236 e. The molecular formula is C22H17FN4O. The summed E-state index contributed by atoms with van der Waals surface area (Å²) in [6.45, 7) is 0.0248. The molecule has 5 nitrogen and oxygen atoms in total. The lowest BCUT2D eigenvalue weighted by molar-refractivity contribution is -0.116. The van der Waals surface area contributed by atoms with Gasteiger partial charge in [-0.1, -0.05) is 36.4 Å². The van der Waals surface area contributed by atoms with Crippen LogP contribution in [0.1, 0.15) is 0 Å². The average Bonchev–Trinajstić information content (AvgIpc) is 2.72. The van der Waals surface area contributed by atoms with Gasteiger partial charge in [0.2, 0.25) is 5.91 Å². The fourth-order valence-corrected chi connectivity index (χ4v) is 3.02. The van der Waals surface area contributed by atoms with Crippen LogP contribution in [-0.4, -0.2) is 22.4 Å². The maximum Gasteiger partial charge on any atom is 0.236 e. The molecule has 2 aromatic carbocycles. The topological polar surface area (TPSA) is 80.9 Å². The minimum absolute atomic E-state index is 0.0248. The molecule has 28 heavy (non-hydrogen) atoms. The number of nitrogens with two attached hydrogens (primary N) is 1. The molecule has 0 spiro atoms. The molecule has 4 rings (SSSR count). The third-order valence-electron chi connectivity index (χ3n) is 4.42. The number of hydrogen-bond acceptors (Lipinski definition) is 4. The largest absolute Gasteiger partial charge is 0.376 e. The van der Waals surface area contributed by atoms with E-state index in [2.05, 4.69) is 10.3 Å². The van der Waals surface area contributed by atoms with Crippen LogP contribution in [0.3, 0.4) is 0 Å². The number of aromatic nitrogens is 2. The Bertz CT molecular complexity index is 1140. The molecule has 0 saturated heterocycles. The van der Waals surface area contributed by atoms with Crippen LogP contribution in [0.4, 0.5) is 10.1 Å². The zero-order valence-electron chi connectivity index (χ0n) is 14.9. The first kappa shape index (κ1) is 17.6. The molecule has 0 radical (unpaired) electrons. The molecule has 138 valence electrons. The number of nitrogens with zero attached hydrogens (tertiary/aromatic N) is 2. The van der Waals surface area contributed by atoms with E-state index in [9.17, 15) is 9.18 Å². The SMILES string of the molecule is NC(=O)CNc1cc(-c2ccc(-c3ccc(F)cc3)cc2)nc2ccncc12. The highest BCUT2D eigenvalue weighted by atomic mass is 19.1. The van der Waals surface area contributed by atoms with Crippen molar-refractivity contribution < 1.29 is 9.18 Å². The summed E-state index contributed by atoms with van der Waals surface area (Å²) in [5.41, 5.74) is 10.4. The average molecular weight is 372 g/mol. The Morgan fingerprint density at radius 1 is 0.964 bits per heavy atom. The van der Waals surface area contributed by atoms with E-state index in [4.69, 9.17) is 10.7 Å². The number of amides is 1. The number of primary amides is 1. The normalized spacial score (nSPS) is 10.8. The predicted octanol–water partition coefficient (Wildman–Crippen LogP) is 4.00. The van der Waals surface area contributed by atoms with Crippen molar-refractivity contribution in [3.8, 4) is 22.4 Å². The first-order valence-electron chi connectivity index (χ1n) is 8.73. The highest BCUT2D eigenvalue weighted by Gasteiger charge is 2.09. The fraction of sp³-hybridized carbons (Fsp3) is 0.0455. The molecule has 2 aromatic heterocycles. The van der Waals surface area contributed by atoms with Gasteiger partial charge in [0.1, 0.15) is 5.82 Å². The molecular weight excluding hydrogens is 355 g/mol. The van der Waals surface area contributed by atoms with E-state index in [1.165, 1.54) is 12.1 Å². The summed E-state index contributed by atoms with van der Waals surface area (Å²) >= 11 is 0. The first-order valence-corrected chi connectivity index (χ1v) is 8.73. The minimum atomic E-state index is -0.445. The number of hydrogen-bond donors (Lipinski definition) is 2. The Morgan fingerprint density at radius 3 is 2.29 bits per heavy atom. The highest BCUT2D eigenvalue weighted by molar-refractivity contribution is 5.94. The molecule has 0 aliphatic heterocycles. The Labute approximate surface area is 161 Å². The molecule has 0 aliphatic carbocycles. The second-order valence-corrected chi connectivity index (χ2v) is 6.35. The van der Waals surface area contributed by atoms with Crippen molar-refractivity contribution in [3.05, 3.63) is 78.9 Å². The van der Waals surface area contributed by atoms with Crippen LogP contribution >= 0.6 is 0 Å². The van der Waals surface area contributed by atoms with Gasteiger partial charge in [-0.25, -0.2) is 9.37 Å². The van der Waals surface area contributed by atoms with E-state index in [0.717, 1.165) is 39.0 Å². The van der Waals surface area contributed by atoms with Gasteiger partial charge in [0.05, 0.1) is 17.8 Å². The van der Waals surface area contributed by atoms with Crippen molar-refractivity contribution in [2.45, 2.75) is 0 Å². The Hall–Kier alpha value is -3.80. The van der Waals surface area contributed by atoms with Gasteiger partial charge in [-0.3, -0.25) is 9.78 Å². The van der Waals surface area contributed by atoms with E-state index in [1.54, 1.807) is 24.5 Å². The van der Waals surface area contributed by atoms with Gasteiger partial charge in [-0.15, -0.1) is 0 Å². The van der Waals surface area contributed by atoms with Crippen LogP contribution in [-0.2, 0) is 4.79 Å². The maximum absolute atomic E-state index is 13.1. The fourth-order valence-electron chi connectivity index (χ4n) is 3.02. The van der Waals surface area contributed by atoms with E-state index >= 15 is 0 Å². The Kier molecular flexibility index (Phi) is 4.68. The van der Waals surface area contributed by atoms with Crippen LogP contribution < -0.4 is 11.1 Å². The van der Waals surface area contributed by atoms with Crippen LogP contribution in [0.5, 0.6) is 0 Å². The highest BCUT2D eigenvalue weighted by Crippen LogP contribution is 2.29. The summed E-state index contributed by atoms with van der Waals surface area (Å²) in [5.74, 6) is -0.703. The number of carbonyl (C=O) groups excluding carboxylic acids is 1. The summed E-state index contributed by atoms with van der Waals surface area (Å²) in [4.78, 5) is 20.0. The number of nitrogens with one attached hydrogen (secondary N) is 1. The van der Waals surface area contributed by atoms with Crippen molar-refractivity contribution in [2.24, 2.45) is 5.73 Å². The van der Waals surface area contributed by atoms with E-state index in [-0.39, 0.29) is 12.4 Å². The molecule has 1 amide bonds. The van der Waals surface area contributed by atoms with Crippen molar-refractivity contribution >= 4 is 22.5 Å². The summed E-state index contributed by atoms with van der Waals surface area (Å²) < 4.78 is 13.1. The molecule has 6 heteroatoms. The van der Waals surface area contributed by atoms with Gasteiger partial charge >= 0.3 is 0 Å². The molecule has 0 aliphatic rings. The monoisotopic (exact) mass is 372 g/mol. The summed E-state index contributed by atoms with van der Waals surface area (Å²) in [6, 6.07) is 17.9. The lowest BCUT2D eigenvalue weighted by Gasteiger charge is -2.11. The molecule has 2 heterocycles. The van der Waals surface area contributed by atoms with E-state index < -0.39 is 5.91 Å². The molecule has 0 fully saturated rings. The van der Waals surface area contributed by atoms with Crippen molar-refractivity contribution in [1.82, 2.24) is 9.97 Å². The van der Waals surface area contributed by atoms with E-state index in [0.29, 0.717) is 0 Å². The van der Waals surface area contributed by atoms with E-state index in [1.807, 2.05) is 36.4 Å². The van der Waals surface area contributed by atoms with Crippen molar-refractivity contribution in [1.29, 1.82) is 0 Å². The van der Waals surface area contributed by atoms with Crippen LogP contribution in [0.25, 0.3) is 33.3 Å². The van der Waals surface area contributed by atoms with Crippen molar-refractivity contribution in [2.75, 3.05) is 11.9 Å². The lowest BCUT2D eigenvalue weighted by atomic mass is 10.0. The standard InChI is InChI=1S/C22H17FN4O/c23-17-7-5-15(6-8-17)14-1-3-16(4-2-14)20-11-21(26-13-22(24)28)18-12-25-10-9-19(18)27-20/h1-12H,13H2,(H2,24,28)(H,26,27). The third-order valence-corrected chi connectivity index (χ3v) is 4.42. The van der Waals surface area contributed by atoms with Gasteiger partial charge in [0, 0.05) is 29.0 Å². The lowest BCUT2D eigenvalue weighted by Crippen LogP contribution is -2.22. The number of fused-ring (bicyclic) bond motifs is 1. The second-order valence-electron chi connectivity index (χ2n) is 6.35. The number of rotatable bonds is 5. The summed E-state index contributed by atoms with van der Waals surface area (Å²) in [6.07, 6.45) is 3.38. The summed E-state index contributed by atoms with van der Waals surface area (Å²) in [5, 5.41) is 3.86. The molecule has 3 N–H and O–H groups in total. The number of carbonyl (C=O) groups is 1. The van der Waals surface area contributed by atoms with Gasteiger partial charge < -0.3 is 11.1 Å². The summed E-state index contributed by atoms with van der Waals surface area (Å²) in [7, 11) is 0. The zero-order valence-corrected chi connectivity index (χ0v) is 14.9. The van der Waals surface area contributed by atoms with Gasteiger partial charge in [-0.05, 0) is 35.4 Å². The van der Waals surface area contributed by atoms with Crippen molar-refractivity contribution in [3.63, 3.8) is 0 Å². The molecule has 0 unspecified atom stereocenters. The molecule has 0 saturated carbocycles. The molecule has 0 atom stereocenters. The van der Waals surface area contributed by atoms with Gasteiger partial charge in [0.25, 0.3) is 0 Å². The Morgan fingerprint density at radius 2 is 1.61 bits per heavy atom.